The van der Waals surface area contributed by atoms with Crippen LogP contribution >= 0.6 is 18.6 Å². The van der Waals surface area contributed by atoms with E-state index in [1.165, 1.54) is 32.2 Å². The molecule has 216 valence electrons. The van der Waals surface area contributed by atoms with Gasteiger partial charge in [-0.15, -0.1) is 11.3 Å². The summed E-state index contributed by atoms with van der Waals surface area (Å²) in [7, 11) is -6.71. The molecule has 0 radical (unpaired) electrons. The molecule has 2 bridgehead atoms. The highest BCUT2D eigenvalue weighted by atomic mass is 32.3. The Balaban J connectivity index is 0.000000169. The van der Waals surface area contributed by atoms with Crippen LogP contribution in [-0.2, 0) is 14.7 Å². The zero-order chi connectivity index (χ0) is 29.7. The standard InChI is InChI=1S/C21H20P.C10H11N3O5S2/c1-2-18-22(19-12-6-3-7-13-19,20-14-8-4-9-15-20)21-16-10-5-11-17-21;1-6-7(9-11-2-3-19-9)4-12-5-8(6)13(10(12)14)18-20(15,16)17/h2-18H,1H3;2-3,8H,4-5H2,1H3,(H,15,16,17)/q+1;/p-1/b18-2-;. The van der Waals surface area contributed by atoms with Crippen molar-refractivity contribution in [1.29, 1.82) is 0 Å². The van der Waals surface area contributed by atoms with E-state index < -0.39 is 29.7 Å². The number of carbonyl (C=O) groups excluding carboxylic acids is 1. The van der Waals surface area contributed by atoms with Crippen molar-refractivity contribution >= 4 is 56.5 Å². The van der Waals surface area contributed by atoms with Crippen LogP contribution in [0, 0.1) is 0 Å². The predicted octanol–water partition coefficient (Wildman–Crippen LogP) is 4.94. The molecule has 0 saturated carbocycles. The van der Waals surface area contributed by atoms with Crippen LogP contribution < -0.4 is 15.9 Å². The van der Waals surface area contributed by atoms with E-state index in [0.29, 0.717) is 18.2 Å². The number of amides is 2. The minimum atomic E-state index is -4.98. The average molecular weight is 620 g/mol. The van der Waals surface area contributed by atoms with Gasteiger partial charge in [0, 0.05) is 23.7 Å². The number of aromatic nitrogens is 1. The third kappa shape index (κ3) is 6.09. The Hall–Kier alpha value is -3.66. The van der Waals surface area contributed by atoms with Gasteiger partial charge in [-0.1, -0.05) is 60.7 Å². The molecular formula is C31H30N3O5PS2. The van der Waals surface area contributed by atoms with Gasteiger partial charge in [-0.2, -0.15) is 9.35 Å². The maximum atomic E-state index is 12.0. The van der Waals surface area contributed by atoms with E-state index in [1.807, 2.05) is 5.38 Å². The van der Waals surface area contributed by atoms with Gasteiger partial charge in [0.1, 0.15) is 34.2 Å². The van der Waals surface area contributed by atoms with Gasteiger partial charge in [0.05, 0.1) is 12.4 Å². The number of nitrogens with zero attached hydrogens (tertiary/aromatic N) is 3. The second-order valence-corrected chi connectivity index (χ2v) is 14.9. The quantitative estimate of drug-likeness (QED) is 0.165. The van der Waals surface area contributed by atoms with Crippen molar-refractivity contribution in [3.05, 3.63) is 125 Å². The molecule has 8 nitrogen and oxygen atoms in total. The summed E-state index contributed by atoms with van der Waals surface area (Å²) < 4.78 is 36.4. The van der Waals surface area contributed by atoms with E-state index in [-0.39, 0.29) is 0 Å². The third-order valence-electron chi connectivity index (χ3n) is 7.19. The SMILES string of the molecule is C/C=C\[P+](c1ccccc1)(c1ccccc1)c1ccccc1.CC1=C(c2nccs2)CN2CC1N(OS(=O)(=O)[O-])C2=O. The number of benzene rings is 3. The number of hydroxylamine groups is 2. The Morgan fingerprint density at radius 2 is 1.48 bits per heavy atom. The first-order valence-electron chi connectivity index (χ1n) is 13.3. The lowest BCUT2D eigenvalue weighted by atomic mass is 9.99. The summed E-state index contributed by atoms with van der Waals surface area (Å²) in [5.74, 6) is 2.41. The van der Waals surface area contributed by atoms with Crippen molar-refractivity contribution in [2.45, 2.75) is 19.9 Å². The fraction of sp³-hybridized carbons (Fsp3) is 0.161. The highest BCUT2D eigenvalue weighted by molar-refractivity contribution is 7.98. The van der Waals surface area contributed by atoms with Crippen molar-refractivity contribution in [3.63, 3.8) is 0 Å². The first-order chi connectivity index (χ1) is 20.2. The number of hydrogen-bond donors (Lipinski definition) is 0. The number of urea groups is 1. The van der Waals surface area contributed by atoms with Gasteiger partial charge < -0.3 is 9.45 Å². The summed E-state index contributed by atoms with van der Waals surface area (Å²) in [5.41, 5.74) is 1.64. The summed E-state index contributed by atoms with van der Waals surface area (Å²) in [5, 5.41) is 7.41. The summed E-state index contributed by atoms with van der Waals surface area (Å²) >= 11 is 1.43. The Labute approximate surface area is 250 Å². The van der Waals surface area contributed by atoms with Gasteiger partial charge in [-0.05, 0) is 55.8 Å². The Bertz CT molecular complexity index is 1580. The number of thiazole rings is 1. The smallest absolute Gasteiger partial charge is 0.346 e. The molecule has 0 aliphatic carbocycles. The fourth-order valence-electron chi connectivity index (χ4n) is 5.30. The Morgan fingerprint density at radius 1 is 0.952 bits per heavy atom. The topological polar surface area (TPSA) is 103 Å². The second kappa shape index (κ2) is 12.7. The molecule has 0 N–H and O–H groups in total. The predicted molar refractivity (Wildman–Crippen MR) is 168 cm³/mol. The van der Waals surface area contributed by atoms with Gasteiger partial charge in [-0.3, -0.25) is 0 Å². The first-order valence-corrected chi connectivity index (χ1v) is 17.3. The molecule has 42 heavy (non-hydrogen) atoms. The van der Waals surface area contributed by atoms with Crippen molar-refractivity contribution in [2.75, 3.05) is 13.1 Å². The molecule has 6 rings (SSSR count). The van der Waals surface area contributed by atoms with Crippen LogP contribution in [0.1, 0.15) is 18.9 Å². The van der Waals surface area contributed by atoms with Crippen LogP contribution in [0.25, 0.3) is 5.57 Å². The van der Waals surface area contributed by atoms with Gasteiger partial charge in [0.2, 0.25) is 10.4 Å². The molecule has 0 spiro atoms. The summed E-state index contributed by atoms with van der Waals surface area (Å²) in [6.45, 7) is 4.52. The highest BCUT2D eigenvalue weighted by Crippen LogP contribution is 2.56. The Morgan fingerprint density at radius 3 is 1.90 bits per heavy atom. The summed E-state index contributed by atoms with van der Waals surface area (Å²) in [4.78, 5) is 17.6. The molecular weight excluding hydrogens is 589 g/mol. The normalized spacial score (nSPS) is 17.0. The Kier molecular flexibility index (Phi) is 9.01. The van der Waals surface area contributed by atoms with Crippen LogP contribution in [0.2, 0.25) is 0 Å². The van der Waals surface area contributed by atoms with Gasteiger partial charge in [0.15, 0.2) is 0 Å². The fourth-order valence-corrected chi connectivity index (χ4v) is 10.2. The van der Waals surface area contributed by atoms with E-state index in [4.69, 9.17) is 0 Å². The second-order valence-electron chi connectivity index (χ2n) is 9.70. The average Bonchev–Trinajstić information content (AvgIpc) is 3.63. The zero-order valence-corrected chi connectivity index (χ0v) is 25.6. The molecule has 1 atom stereocenters. The van der Waals surface area contributed by atoms with Crippen LogP contribution in [0.3, 0.4) is 0 Å². The minimum Gasteiger partial charge on any atom is -0.724 e. The summed E-state index contributed by atoms with van der Waals surface area (Å²) in [6.07, 6.45) is 3.85. The first kappa shape index (κ1) is 29.8. The number of carbonyl (C=O) groups is 1. The van der Waals surface area contributed by atoms with E-state index in [0.717, 1.165) is 16.2 Å². The van der Waals surface area contributed by atoms with E-state index in [9.17, 15) is 17.8 Å². The monoisotopic (exact) mass is 619 g/mol. The number of allylic oxidation sites excluding steroid dienone is 1. The van der Waals surface area contributed by atoms with Crippen molar-refractivity contribution in [2.24, 2.45) is 0 Å². The molecule has 1 saturated heterocycles. The maximum Gasteiger partial charge on any atom is 0.346 e. The van der Waals surface area contributed by atoms with Crippen molar-refractivity contribution < 1.29 is 22.0 Å². The minimum absolute atomic E-state index is 0.301. The third-order valence-corrected chi connectivity index (χ3v) is 12.4. The van der Waals surface area contributed by atoms with E-state index in [2.05, 4.69) is 119 Å². The van der Waals surface area contributed by atoms with Crippen LogP contribution in [-0.4, -0.2) is 53.1 Å². The number of rotatable bonds is 7. The van der Waals surface area contributed by atoms with Crippen molar-refractivity contribution in [3.8, 4) is 0 Å². The van der Waals surface area contributed by atoms with E-state index >= 15 is 0 Å². The van der Waals surface area contributed by atoms with Crippen LogP contribution in [0.5, 0.6) is 0 Å². The molecule has 1 fully saturated rings. The number of fused-ring (bicyclic) bond motifs is 2. The molecule has 2 amide bonds. The van der Waals surface area contributed by atoms with Crippen molar-refractivity contribution in [1.82, 2.24) is 14.9 Å². The van der Waals surface area contributed by atoms with Crippen LogP contribution in [0.4, 0.5) is 4.79 Å². The van der Waals surface area contributed by atoms with Gasteiger partial charge >= 0.3 is 6.03 Å². The summed E-state index contributed by atoms with van der Waals surface area (Å²) in [6, 6.07) is 31.4. The lowest BCUT2D eigenvalue weighted by Crippen LogP contribution is -2.36. The highest BCUT2D eigenvalue weighted by Gasteiger charge is 2.45. The van der Waals surface area contributed by atoms with Gasteiger partial charge in [0.25, 0.3) is 0 Å². The lowest BCUT2D eigenvalue weighted by molar-refractivity contribution is -0.0221. The molecule has 2 aliphatic heterocycles. The maximum absolute atomic E-state index is 12.0. The molecule has 1 aromatic heterocycles. The van der Waals surface area contributed by atoms with Crippen LogP contribution in [0.15, 0.2) is 120 Å². The molecule has 1 unspecified atom stereocenters. The molecule has 3 heterocycles. The van der Waals surface area contributed by atoms with E-state index in [1.54, 1.807) is 13.1 Å². The molecule has 3 aromatic carbocycles. The molecule has 2 aliphatic rings. The van der Waals surface area contributed by atoms with Gasteiger partial charge in [-0.25, -0.2) is 18.2 Å². The molecule has 11 heteroatoms. The number of hydrogen-bond acceptors (Lipinski definition) is 7. The molecule has 4 aromatic rings. The zero-order valence-electron chi connectivity index (χ0n) is 23.1. The largest absolute Gasteiger partial charge is 0.724 e. The lowest BCUT2D eigenvalue weighted by Gasteiger charge is -2.25.